The molecule has 0 radical (unpaired) electrons. The van der Waals surface area contributed by atoms with E-state index in [4.69, 9.17) is 21.3 Å². The van der Waals surface area contributed by atoms with Crippen LogP contribution < -0.4 is 26.2 Å². The second kappa shape index (κ2) is 9.11. The average molecular weight is 492 g/mol. The van der Waals surface area contributed by atoms with E-state index in [1.165, 1.54) is 38.8 Å². The van der Waals surface area contributed by atoms with Crippen molar-refractivity contribution in [3.8, 4) is 5.75 Å². The molecule has 5 rings (SSSR count). The molecule has 3 aromatic carbocycles. The minimum atomic E-state index is -2.23. The van der Waals surface area contributed by atoms with E-state index in [0.717, 1.165) is 0 Å². The molecule has 7 heteroatoms. The van der Waals surface area contributed by atoms with Gasteiger partial charge in [0.15, 0.2) is 4.96 Å². The molecule has 164 valence electrons. The van der Waals surface area contributed by atoms with Gasteiger partial charge in [0.1, 0.15) is 39.4 Å². The molecular weight excluding hydrogens is 471 g/mol. The standard InChI is InChI=1S/C26H21ClN2O2PS/c1-31-24-22(28-26-29(25(24)30)17-23(27)33-26)18-32(19-11-5-2-6-12-19,20-13-7-3-8-14-20)21-15-9-4-10-16-21/h2-17H,18H2,1H3/q+1. The summed E-state index contributed by atoms with van der Waals surface area (Å²) in [5.74, 6) is 0.258. The van der Waals surface area contributed by atoms with Crippen LogP contribution >= 0.6 is 30.2 Å². The van der Waals surface area contributed by atoms with E-state index in [9.17, 15) is 4.79 Å². The highest BCUT2D eigenvalue weighted by molar-refractivity contribution is 7.95. The first-order chi connectivity index (χ1) is 16.1. The second-order valence-electron chi connectivity index (χ2n) is 7.56. The minimum absolute atomic E-state index is 0.243. The Hall–Kier alpha value is -2.98. The number of methoxy groups -OCH3 is 1. The molecule has 0 saturated heterocycles. The van der Waals surface area contributed by atoms with E-state index in [-0.39, 0.29) is 11.3 Å². The van der Waals surface area contributed by atoms with E-state index >= 15 is 0 Å². The molecule has 0 spiro atoms. The molecule has 0 aliphatic heterocycles. The van der Waals surface area contributed by atoms with Crippen LogP contribution in [0.3, 0.4) is 0 Å². The van der Waals surface area contributed by atoms with Crippen molar-refractivity contribution < 1.29 is 4.74 Å². The topological polar surface area (TPSA) is 43.6 Å². The number of rotatable bonds is 6. The van der Waals surface area contributed by atoms with Crippen LogP contribution in [0.15, 0.2) is 102 Å². The summed E-state index contributed by atoms with van der Waals surface area (Å²) in [5.41, 5.74) is 0.402. The Balaban J connectivity index is 1.84. The monoisotopic (exact) mass is 491 g/mol. The number of fused-ring (bicyclic) bond motifs is 1. The van der Waals surface area contributed by atoms with Crippen molar-refractivity contribution >= 4 is 51.1 Å². The fourth-order valence-corrected chi connectivity index (χ4v) is 9.42. The molecule has 0 fully saturated rings. The third-order valence-corrected chi connectivity index (χ3v) is 11.1. The van der Waals surface area contributed by atoms with Crippen molar-refractivity contribution in [2.45, 2.75) is 6.16 Å². The number of halogens is 1. The summed E-state index contributed by atoms with van der Waals surface area (Å²) in [7, 11) is -0.702. The molecule has 5 aromatic rings. The van der Waals surface area contributed by atoms with E-state index in [1.807, 2.05) is 18.2 Å². The van der Waals surface area contributed by atoms with Crippen molar-refractivity contribution in [3.63, 3.8) is 0 Å². The third-order valence-electron chi connectivity index (χ3n) is 5.71. The SMILES string of the molecule is COc1c(C[P+](c2ccccc2)(c2ccccc2)c2ccccc2)nc2sc(Cl)cn2c1=O. The van der Waals surface area contributed by atoms with Gasteiger partial charge in [0.05, 0.1) is 7.11 Å². The number of hydrogen-bond acceptors (Lipinski definition) is 4. The second-order valence-corrected chi connectivity index (χ2v) is 12.7. The van der Waals surface area contributed by atoms with Crippen LogP contribution in [0.25, 0.3) is 4.96 Å². The Bertz CT molecular complexity index is 1360. The van der Waals surface area contributed by atoms with Gasteiger partial charge in [0.25, 0.3) is 0 Å². The quantitative estimate of drug-likeness (QED) is 0.317. The normalized spacial score (nSPS) is 11.6. The molecule has 33 heavy (non-hydrogen) atoms. The number of aromatic nitrogens is 2. The van der Waals surface area contributed by atoms with Gasteiger partial charge in [-0.3, -0.25) is 9.20 Å². The summed E-state index contributed by atoms with van der Waals surface area (Å²) in [5, 5.41) is 3.65. The largest absolute Gasteiger partial charge is 0.490 e. The van der Waals surface area contributed by atoms with Gasteiger partial charge in [-0.1, -0.05) is 77.5 Å². The summed E-state index contributed by atoms with van der Waals surface area (Å²) in [4.78, 5) is 18.7. The smallest absolute Gasteiger partial charge is 0.301 e. The predicted molar refractivity (Wildman–Crippen MR) is 140 cm³/mol. The summed E-state index contributed by atoms with van der Waals surface area (Å²) in [6.07, 6.45) is 2.15. The Labute approximate surface area is 201 Å². The fourth-order valence-electron chi connectivity index (χ4n) is 4.25. The zero-order valence-corrected chi connectivity index (χ0v) is 20.4. The van der Waals surface area contributed by atoms with Gasteiger partial charge in [-0.15, -0.1) is 0 Å². The minimum Gasteiger partial charge on any atom is -0.490 e. The summed E-state index contributed by atoms with van der Waals surface area (Å²) >= 11 is 7.50. The molecule has 4 nitrogen and oxygen atoms in total. The first kappa shape index (κ1) is 21.8. The van der Waals surface area contributed by atoms with Gasteiger partial charge in [0, 0.05) is 6.20 Å². The molecule has 0 unspecified atom stereocenters. The maximum Gasteiger partial charge on any atom is 0.301 e. The number of thiazole rings is 1. The van der Waals surface area contributed by atoms with E-state index in [2.05, 4.69) is 72.8 Å². The number of hydrogen-bond donors (Lipinski definition) is 0. The van der Waals surface area contributed by atoms with Crippen molar-refractivity contribution in [1.82, 2.24) is 9.38 Å². The van der Waals surface area contributed by atoms with Gasteiger partial charge in [-0.25, -0.2) is 4.98 Å². The van der Waals surface area contributed by atoms with Crippen LogP contribution in [0.4, 0.5) is 0 Å². The lowest BCUT2D eigenvalue weighted by molar-refractivity contribution is 0.401. The number of nitrogens with zero attached hydrogens (tertiary/aromatic N) is 2. The summed E-state index contributed by atoms with van der Waals surface area (Å²) < 4.78 is 7.60. The van der Waals surface area contributed by atoms with Gasteiger partial charge in [-0.05, 0) is 36.4 Å². The molecule has 0 saturated carbocycles. The molecule has 0 amide bonds. The Morgan fingerprint density at radius 2 is 1.36 bits per heavy atom. The third kappa shape index (κ3) is 3.87. The zero-order chi connectivity index (χ0) is 22.8. The fraction of sp³-hybridized carbons (Fsp3) is 0.0769. The van der Waals surface area contributed by atoms with E-state index in [1.54, 1.807) is 6.20 Å². The molecular formula is C26H21ClN2O2PS+. The molecule has 0 N–H and O–H groups in total. The van der Waals surface area contributed by atoms with Crippen molar-refractivity contribution in [2.75, 3.05) is 7.11 Å². The average Bonchev–Trinajstić information content (AvgIpc) is 3.25. The van der Waals surface area contributed by atoms with Gasteiger partial charge >= 0.3 is 5.56 Å². The maximum absolute atomic E-state index is 13.2. The summed E-state index contributed by atoms with van der Waals surface area (Å²) in [6, 6.07) is 31.5. The first-order valence-corrected chi connectivity index (χ1v) is 13.6. The first-order valence-electron chi connectivity index (χ1n) is 10.4. The predicted octanol–water partition coefficient (Wildman–Crippen LogP) is 4.91. The van der Waals surface area contributed by atoms with Crippen LogP contribution in [0.1, 0.15) is 5.69 Å². The molecule has 0 aliphatic rings. The molecule has 0 aliphatic carbocycles. The lowest BCUT2D eigenvalue weighted by Crippen LogP contribution is -2.33. The molecule has 0 bridgehead atoms. The highest BCUT2D eigenvalue weighted by Gasteiger charge is 2.47. The molecule has 0 atom stereocenters. The number of ether oxygens (including phenoxy) is 1. The highest BCUT2D eigenvalue weighted by Crippen LogP contribution is 2.58. The molecule has 2 aromatic heterocycles. The van der Waals surface area contributed by atoms with E-state index in [0.29, 0.717) is 21.2 Å². The lowest BCUT2D eigenvalue weighted by Gasteiger charge is -2.27. The zero-order valence-electron chi connectivity index (χ0n) is 17.9. The van der Waals surface area contributed by atoms with Crippen molar-refractivity contribution in [3.05, 3.63) is 118 Å². The van der Waals surface area contributed by atoms with Crippen LogP contribution in [-0.4, -0.2) is 16.5 Å². The Morgan fingerprint density at radius 3 is 1.82 bits per heavy atom. The van der Waals surface area contributed by atoms with Crippen molar-refractivity contribution in [2.24, 2.45) is 0 Å². The van der Waals surface area contributed by atoms with Crippen LogP contribution in [-0.2, 0) is 6.16 Å². The van der Waals surface area contributed by atoms with Gasteiger partial charge < -0.3 is 4.74 Å². The van der Waals surface area contributed by atoms with Crippen LogP contribution in [0.2, 0.25) is 4.34 Å². The van der Waals surface area contributed by atoms with Crippen molar-refractivity contribution in [1.29, 1.82) is 0 Å². The maximum atomic E-state index is 13.2. The Morgan fingerprint density at radius 1 is 0.879 bits per heavy atom. The van der Waals surface area contributed by atoms with Gasteiger partial charge in [0.2, 0.25) is 5.75 Å². The van der Waals surface area contributed by atoms with Gasteiger partial charge in [-0.2, -0.15) is 0 Å². The molecule has 2 heterocycles. The van der Waals surface area contributed by atoms with Crippen LogP contribution in [0, 0.1) is 0 Å². The Kier molecular flexibility index (Phi) is 6.03. The van der Waals surface area contributed by atoms with E-state index < -0.39 is 7.26 Å². The summed E-state index contributed by atoms with van der Waals surface area (Å²) in [6.45, 7) is 0. The van der Waals surface area contributed by atoms with Crippen LogP contribution in [0.5, 0.6) is 5.75 Å². The lowest BCUT2D eigenvalue weighted by atomic mass is 10.3. The number of benzene rings is 3. The highest BCUT2D eigenvalue weighted by atomic mass is 35.5.